The molecule has 0 aromatic carbocycles. The van der Waals surface area contributed by atoms with E-state index in [9.17, 15) is 18.0 Å². The number of rotatable bonds is 3. The second-order valence-electron chi connectivity index (χ2n) is 5.19. The fourth-order valence-corrected chi connectivity index (χ4v) is 2.08. The molecule has 0 saturated carbocycles. The van der Waals surface area contributed by atoms with Gasteiger partial charge < -0.3 is 10.3 Å². The van der Waals surface area contributed by atoms with Gasteiger partial charge in [0.15, 0.2) is 0 Å². The van der Waals surface area contributed by atoms with Crippen LogP contribution in [0.25, 0.3) is 11.1 Å². The summed E-state index contributed by atoms with van der Waals surface area (Å²) in [5, 5.41) is 0. The fraction of sp³-hybridized carbons (Fsp3) is 0.333. The fourth-order valence-electron chi connectivity index (χ4n) is 2.08. The lowest BCUT2D eigenvalue weighted by Crippen LogP contribution is -2.26. The summed E-state index contributed by atoms with van der Waals surface area (Å²) in [5.74, 6) is 0. The molecule has 0 fully saturated rings. The maximum absolute atomic E-state index is 12.5. The molecule has 0 atom stereocenters. The molecule has 0 aliphatic carbocycles. The van der Waals surface area contributed by atoms with Gasteiger partial charge in [0.2, 0.25) is 0 Å². The highest BCUT2D eigenvalue weighted by Gasteiger charge is 2.32. The molecule has 0 radical (unpaired) electrons. The van der Waals surface area contributed by atoms with Crippen LogP contribution in [0, 0.1) is 0 Å². The summed E-state index contributed by atoms with van der Waals surface area (Å²) in [6.07, 6.45) is -1.72. The zero-order valence-electron chi connectivity index (χ0n) is 12.6. The number of alkyl halides is 3. The number of aromatic nitrogens is 2. The molecule has 0 spiro atoms. The molecular formula is C15H17ClF3N3O. The molecule has 8 heteroatoms. The predicted molar refractivity (Wildman–Crippen MR) is 84.5 cm³/mol. The molecule has 0 unspecified atom stereocenters. The topological polar surface area (TPSA) is 60.9 Å². The first-order valence-corrected chi connectivity index (χ1v) is 6.72. The SMILES string of the molecule is CC(C)n1cc(-c2ccc(C(F)(F)F)nc2)cc(CN)c1=O.Cl. The minimum absolute atomic E-state index is 0. The van der Waals surface area contributed by atoms with Crippen molar-refractivity contribution >= 4 is 12.4 Å². The Kier molecular flexibility index (Phi) is 5.96. The quantitative estimate of drug-likeness (QED) is 0.925. The lowest BCUT2D eigenvalue weighted by molar-refractivity contribution is -0.141. The van der Waals surface area contributed by atoms with Crippen molar-refractivity contribution < 1.29 is 13.2 Å². The van der Waals surface area contributed by atoms with Gasteiger partial charge in [-0.1, -0.05) is 6.07 Å². The van der Waals surface area contributed by atoms with Crippen LogP contribution in [0.3, 0.4) is 0 Å². The second-order valence-corrected chi connectivity index (χ2v) is 5.19. The number of hydrogen-bond donors (Lipinski definition) is 1. The Balaban J connectivity index is 0.00000264. The van der Waals surface area contributed by atoms with E-state index in [-0.39, 0.29) is 30.6 Å². The van der Waals surface area contributed by atoms with Crippen molar-refractivity contribution in [2.45, 2.75) is 32.6 Å². The van der Waals surface area contributed by atoms with Crippen molar-refractivity contribution in [2.75, 3.05) is 0 Å². The van der Waals surface area contributed by atoms with Crippen molar-refractivity contribution in [3.63, 3.8) is 0 Å². The summed E-state index contributed by atoms with van der Waals surface area (Å²) in [4.78, 5) is 15.6. The van der Waals surface area contributed by atoms with Crippen LogP contribution in [0.15, 0.2) is 35.4 Å². The Morgan fingerprint density at radius 1 is 1.26 bits per heavy atom. The Morgan fingerprint density at radius 3 is 2.35 bits per heavy atom. The highest BCUT2D eigenvalue weighted by Crippen LogP contribution is 2.29. The van der Waals surface area contributed by atoms with Gasteiger partial charge in [-0.2, -0.15) is 13.2 Å². The van der Waals surface area contributed by atoms with Crippen molar-refractivity contribution in [1.82, 2.24) is 9.55 Å². The molecule has 4 nitrogen and oxygen atoms in total. The van der Waals surface area contributed by atoms with Crippen LogP contribution in [0.4, 0.5) is 13.2 Å². The molecular weight excluding hydrogens is 331 g/mol. The Labute approximate surface area is 137 Å². The highest BCUT2D eigenvalue weighted by atomic mass is 35.5. The lowest BCUT2D eigenvalue weighted by atomic mass is 10.1. The molecule has 2 aromatic rings. The van der Waals surface area contributed by atoms with Crippen molar-refractivity contribution in [2.24, 2.45) is 5.73 Å². The van der Waals surface area contributed by atoms with Crippen LogP contribution >= 0.6 is 12.4 Å². The summed E-state index contributed by atoms with van der Waals surface area (Å²) in [5.41, 5.74) is 5.94. The van der Waals surface area contributed by atoms with E-state index >= 15 is 0 Å². The molecule has 126 valence electrons. The van der Waals surface area contributed by atoms with Crippen molar-refractivity contribution in [3.8, 4) is 11.1 Å². The van der Waals surface area contributed by atoms with E-state index in [0.717, 1.165) is 12.3 Å². The van der Waals surface area contributed by atoms with Gasteiger partial charge in [-0.25, -0.2) is 0 Å². The summed E-state index contributed by atoms with van der Waals surface area (Å²) in [7, 11) is 0. The molecule has 2 rings (SSSR count). The summed E-state index contributed by atoms with van der Waals surface area (Å²) < 4.78 is 39.1. The van der Waals surface area contributed by atoms with Crippen LogP contribution in [0.2, 0.25) is 0 Å². The van der Waals surface area contributed by atoms with Crippen molar-refractivity contribution in [1.29, 1.82) is 0 Å². The maximum atomic E-state index is 12.5. The van der Waals surface area contributed by atoms with E-state index in [4.69, 9.17) is 5.73 Å². The smallest absolute Gasteiger partial charge is 0.326 e. The Morgan fingerprint density at radius 2 is 1.91 bits per heavy atom. The minimum atomic E-state index is -4.47. The summed E-state index contributed by atoms with van der Waals surface area (Å²) in [6.45, 7) is 3.75. The first-order valence-electron chi connectivity index (χ1n) is 6.72. The van der Waals surface area contributed by atoms with Gasteiger partial charge in [0.25, 0.3) is 5.56 Å². The first-order chi connectivity index (χ1) is 10.2. The average molecular weight is 348 g/mol. The summed E-state index contributed by atoms with van der Waals surface area (Å²) in [6, 6.07) is 3.76. The maximum Gasteiger partial charge on any atom is 0.433 e. The molecule has 2 N–H and O–H groups in total. The van der Waals surface area contributed by atoms with Gasteiger partial charge in [-0.15, -0.1) is 12.4 Å². The number of halogens is 4. The second kappa shape index (κ2) is 7.14. The first kappa shape index (κ1) is 19.2. The van der Waals surface area contributed by atoms with Gasteiger partial charge in [-0.05, 0) is 26.0 Å². The van der Waals surface area contributed by atoms with E-state index in [1.807, 2.05) is 13.8 Å². The molecule has 2 aromatic heterocycles. The Hall–Kier alpha value is -1.86. The van der Waals surface area contributed by atoms with Crippen LogP contribution < -0.4 is 11.3 Å². The van der Waals surface area contributed by atoms with E-state index < -0.39 is 11.9 Å². The molecule has 0 aliphatic heterocycles. The number of hydrogen-bond acceptors (Lipinski definition) is 3. The van der Waals surface area contributed by atoms with Crippen LogP contribution in [0.5, 0.6) is 0 Å². The molecule has 23 heavy (non-hydrogen) atoms. The van der Waals surface area contributed by atoms with Gasteiger partial charge in [0.05, 0.1) is 0 Å². The van der Waals surface area contributed by atoms with Gasteiger partial charge in [0, 0.05) is 41.7 Å². The number of pyridine rings is 2. The van der Waals surface area contributed by atoms with E-state index in [0.29, 0.717) is 16.7 Å². The van der Waals surface area contributed by atoms with E-state index in [1.54, 1.807) is 12.3 Å². The highest BCUT2D eigenvalue weighted by molar-refractivity contribution is 5.85. The normalized spacial score (nSPS) is 11.4. The summed E-state index contributed by atoms with van der Waals surface area (Å²) >= 11 is 0. The average Bonchev–Trinajstić information content (AvgIpc) is 2.46. The zero-order valence-corrected chi connectivity index (χ0v) is 13.4. The van der Waals surface area contributed by atoms with Crippen LogP contribution in [-0.4, -0.2) is 9.55 Å². The monoisotopic (exact) mass is 347 g/mol. The zero-order chi connectivity index (χ0) is 16.5. The third-order valence-corrected chi connectivity index (χ3v) is 3.28. The largest absolute Gasteiger partial charge is 0.433 e. The number of nitrogens with two attached hydrogens (primary N) is 1. The molecule has 0 bridgehead atoms. The minimum Gasteiger partial charge on any atom is -0.326 e. The van der Waals surface area contributed by atoms with E-state index in [2.05, 4.69) is 4.98 Å². The molecule has 0 amide bonds. The third kappa shape index (κ3) is 4.11. The number of nitrogens with zero attached hydrogens (tertiary/aromatic N) is 2. The van der Waals surface area contributed by atoms with Gasteiger partial charge in [-0.3, -0.25) is 9.78 Å². The van der Waals surface area contributed by atoms with Gasteiger partial charge >= 0.3 is 6.18 Å². The predicted octanol–water partition coefficient (Wildman–Crippen LogP) is 3.39. The third-order valence-electron chi connectivity index (χ3n) is 3.28. The van der Waals surface area contributed by atoms with Crippen molar-refractivity contribution in [3.05, 3.63) is 52.2 Å². The Bertz CT molecular complexity index is 724. The molecule has 0 aliphatic rings. The molecule has 2 heterocycles. The van der Waals surface area contributed by atoms with Gasteiger partial charge in [0.1, 0.15) is 5.69 Å². The lowest BCUT2D eigenvalue weighted by Gasteiger charge is -2.14. The van der Waals surface area contributed by atoms with Crippen LogP contribution in [-0.2, 0) is 12.7 Å². The standard InChI is InChI=1S/C15H16F3N3O.ClH/c1-9(2)21-8-12(5-11(6-19)14(21)22)10-3-4-13(20-7-10)15(16,17)18;/h3-5,7-9H,6,19H2,1-2H3;1H. The molecule has 0 saturated heterocycles. The van der Waals surface area contributed by atoms with E-state index in [1.165, 1.54) is 10.6 Å². The van der Waals surface area contributed by atoms with Crippen LogP contribution in [0.1, 0.15) is 31.1 Å².